The van der Waals surface area contributed by atoms with Crippen LogP contribution in [0.3, 0.4) is 0 Å². The van der Waals surface area contributed by atoms with Crippen molar-refractivity contribution in [1.82, 2.24) is 5.32 Å². The van der Waals surface area contributed by atoms with Crippen LogP contribution in [0.2, 0.25) is 0 Å². The van der Waals surface area contributed by atoms with Gasteiger partial charge in [-0.2, -0.15) is 0 Å². The van der Waals surface area contributed by atoms with E-state index in [4.69, 9.17) is 9.15 Å². The summed E-state index contributed by atoms with van der Waals surface area (Å²) in [5, 5.41) is 3.65. The Labute approximate surface area is 130 Å². The van der Waals surface area contributed by atoms with Crippen LogP contribution < -0.4 is 5.32 Å². The molecule has 1 atom stereocenters. The van der Waals surface area contributed by atoms with Gasteiger partial charge in [-0.25, -0.2) is 0 Å². The maximum Gasteiger partial charge on any atom is 0.129 e. The molecule has 3 nitrogen and oxygen atoms in total. The third-order valence-corrected chi connectivity index (χ3v) is 4.76. The average molecular weight is 303 g/mol. The second kappa shape index (κ2) is 7.69. The Morgan fingerprint density at radius 3 is 3.10 bits per heavy atom. The standard InChI is InChI=1S/C17H21NO2S/c1-2-7-17-15(6-1)16(8-12-21-17)18-9-4-10-19-13-14-5-3-11-20-14/h1-3,5-7,11,16,18H,4,8-10,12-13H2. The Balaban J connectivity index is 1.36. The van der Waals surface area contributed by atoms with Gasteiger partial charge in [0.15, 0.2) is 0 Å². The van der Waals surface area contributed by atoms with Crippen LogP contribution in [-0.4, -0.2) is 18.9 Å². The number of hydrogen-bond donors (Lipinski definition) is 1. The number of furan rings is 1. The van der Waals surface area contributed by atoms with Crippen molar-refractivity contribution in [2.75, 3.05) is 18.9 Å². The number of rotatable bonds is 7. The lowest BCUT2D eigenvalue weighted by molar-refractivity contribution is 0.103. The molecule has 0 fully saturated rings. The lowest BCUT2D eigenvalue weighted by atomic mass is 10.0. The molecule has 2 aromatic rings. The zero-order valence-electron chi connectivity index (χ0n) is 12.1. The first kappa shape index (κ1) is 14.7. The van der Waals surface area contributed by atoms with E-state index < -0.39 is 0 Å². The van der Waals surface area contributed by atoms with Crippen molar-refractivity contribution in [2.45, 2.75) is 30.4 Å². The fourth-order valence-electron chi connectivity index (χ4n) is 2.57. The molecule has 0 saturated heterocycles. The smallest absolute Gasteiger partial charge is 0.129 e. The van der Waals surface area contributed by atoms with Crippen LogP contribution in [0.4, 0.5) is 0 Å². The summed E-state index contributed by atoms with van der Waals surface area (Å²) in [6, 6.07) is 13.0. The average Bonchev–Trinajstić information content (AvgIpc) is 3.04. The van der Waals surface area contributed by atoms with Crippen molar-refractivity contribution in [3.05, 3.63) is 54.0 Å². The Bertz CT molecular complexity index is 541. The third-order valence-electron chi connectivity index (χ3n) is 3.64. The molecule has 1 unspecified atom stereocenters. The molecule has 1 aliphatic rings. The Kier molecular flexibility index (Phi) is 5.38. The zero-order chi connectivity index (χ0) is 14.3. The minimum absolute atomic E-state index is 0.493. The quantitative estimate of drug-likeness (QED) is 0.784. The van der Waals surface area contributed by atoms with Gasteiger partial charge in [0, 0.05) is 17.5 Å². The van der Waals surface area contributed by atoms with E-state index in [1.165, 1.54) is 22.6 Å². The molecule has 4 heteroatoms. The van der Waals surface area contributed by atoms with Gasteiger partial charge in [0.1, 0.15) is 12.4 Å². The van der Waals surface area contributed by atoms with Gasteiger partial charge in [0.25, 0.3) is 0 Å². The Morgan fingerprint density at radius 1 is 1.24 bits per heavy atom. The molecule has 1 aliphatic heterocycles. The number of nitrogens with one attached hydrogen (secondary N) is 1. The van der Waals surface area contributed by atoms with Crippen molar-refractivity contribution < 1.29 is 9.15 Å². The summed E-state index contributed by atoms with van der Waals surface area (Å²) in [5.41, 5.74) is 1.45. The largest absolute Gasteiger partial charge is 0.467 e. The molecule has 0 spiro atoms. The predicted molar refractivity (Wildman–Crippen MR) is 85.5 cm³/mol. The normalized spacial score (nSPS) is 17.6. The molecule has 0 amide bonds. The van der Waals surface area contributed by atoms with E-state index in [1.807, 2.05) is 23.9 Å². The third kappa shape index (κ3) is 4.13. The van der Waals surface area contributed by atoms with E-state index in [9.17, 15) is 0 Å². The monoisotopic (exact) mass is 303 g/mol. The fraction of sp³-hybridized carbons (Fsp3) is 0.412. The van der Waals surface area contributed by atoms with Gasteiger partial charge in [0.05, 0.1) is 6.26 Å². The van der Waals surface area contributed by atoms with E-state index in [1.54, 1.807) is 6.26 Å². The molecule has 0 aliphatic carbocycles. The number of thioether (sulfide) groups is 1. The Morgan fingerprint density at radius 2 is 2.19 bits per heavy atom. The van der Waals surface area contributed by atoms with Crippen molar-refractivity contribution in [1.29, 1.82) is 0 Å². The first-order valence-electron chi connectivity index (χ1n) is 7.49. The van der Waals surface area contributed by atoms with Crippen LogP contribution in [0, 0.1) is 0 Å². The summed E-state index contributed by atoms with van der Waals surface area (Å²) in [6.45, 7) is 2.31. The molecule has 0 radical (unpaired) electrons. The van der Waals surface area contributed by atoms with Gasteiger partial charge >= 0.3 is 0 Å². The second-order valence-electron chi connectivity index (χ2n) is 5.17. The minimum atomic E-state index is 0.493. The lowest BCUT2D eigenvalue weighted by Gasteiger charge is -2.26. The molecule has 1 N–H and O–H groups in total. The molecule has 3 rings (SSSR count). The van der Waals surface area contributed by atoms with Gasteiger partial charge in [0.2, 0.25) is 0 Å². The summed E-state index contributed by atoms with van der Waals surface area (Å²) in [4.78, 5) is 1.43. The molecule has 21 heavy (non-hydrogen) atoms. The van der Waals surface area contributed by atoms with E-state index in [-0.39, 0.29) is 0 Å². The van der Waals surface area contributed by atoms with Gasteiger partial charge in [-0.15, -0.1) is 11.8 Å². The number of benzene rings is 1. The van der Waals surface area contributed by atoms with Crippen molar-refractivity contribution >= 4 is 11.8 Å². The predicted octanol–water partition coefficient (Wildman–Crippen LogP) is 4.01. The van der Waals surface area contributed by atoms with Crippen molar-refractivity contribution in [3.8, 4) is 0 Å². The van der Waals surface area contributed by atoms with E-state index in [0.717, 1.165) is 25.3 Å². The van der Waals surface area contributed by atoms with Crippen LogP contribution in [-0.2, 0) is 11.3 Å². The topological polar surface area (TPSA) is 34.4 Å². The summed E-state index contributed by atoms with van der Waals surface area (Å²) in [5.74, 6) is 2.09. The maximum atomic E-state index is 5.60. The van der Waals surface area contributed by atoms with Crippen LogP contribution in [0.15, 0.2) is 52.0 Å². The Hall–Kier alpha value is -1.23. The van der Waals surface area contributed by atoms with Gasteiger partial charge in [-0.05, 0) is 48.9 Å². The highest BCUT2D eigenvalue weighted by atomic mass is 32.2. The summed E-state index contributed by atoms with van der Waals surface area (Å²) in [6.07, 6.45) is 3.90. The van der Waals surface area contributed by atoms with Crippen molar-refractivity contribution in [2.24, 2.45) is 0 Å². The molecule has 1 aromatic carbocycles. The number of hydrogen-bond acceptors (Lipinski definition) is 4. The van der Waals surface area contributed by atoms with Crippen LogP contribution in [0.5, 0.6) is 0 Å². The summed E-state index contributed by atoms with van der Waals surface area (Å²) >= 11 is 1.96. The number of fused-ring (bicyclic) bond motifs is 1. The molecular weight excluding hydrogens is 282 g/mol. The molecule has 0 saturated carbocycles. The summed E-state index contributed by atoms with van der Waals surface area (Å²) in [7, 11) is 0. The summed E-state index contributed by atoms with van der Waals surface area (Å²) < 4.78 is 10.8. The second-order valence-corrected chi connectivity index (χ2v) is 6.30. The molecule has 0 bridgehead atoms. The van der Waals surface area contributed by atoms with Crippen molar-refractivity contribution in [3.63, 3.8) is 0 Å². The highest BCUT2D eigenvalue weighted by molar-refractivity contribution is 7.99. The first-order valence-corrected chi connectivity index (χ1v) is 8.47. The molecular formula is C17H21NO2S. The van der Waals surface area contributed by atoms with Gasteiger partial charge < -0.3 is 14.5 Å². The van der Waals surface area contributed by atoms with Crippen LogP contribution in [0.25, 0.3) is 0 Å². The fourth-order valence-corrected chi connectivity index (χ4v) is 3.70. The maximum absolute atomic E-state index is 5.60. The number of ether oxygens (including phenoxy) is 1. The van der Waals surface area contributed by atoms with Crippen LogP contribution in [0.1, 0.15) is 30.2 Å². The van der Waals surface area contributed by atoms with E-state index in [0.29, 0.717) is 12.6 Å². The van der Waals surface area contributed by atoms with Gasteiger partial charge in [-0.3, -0.25) is 0 Å². The lowest BCUT2D eigenvalue weighted by Crippen LogP contribution is -2.26. The highest BCUT2D eigenvalue weighted by Gasteiger charge is 2.19. The molecule has 1 aromatic heterocycles. The van der Waals surface area contributed by atoms with E-state index in [2.05, 4.69) is 29.6 Å². The zero-order valence-corrected chi connectivity index (χ0v) is 12.9. The first-order chi connectivity index (χ1) is 10.4. The highest BCUT2D eigenvalue weighted by Crippen LogP contribution is 2.35. The molecule has 2 heterocycles. The van der Waals surface area contributed by atoms with Crippen LogP contribution >= 0.6 is 11.8 Å². The van der Waals surface area contributed by atoms with E-state index >= 15 is 0 Å². The van der Waals surface area contributed by atoms with Gasteiger partial charge in [-0.1, -0.05) is 18.2 Å². The minimum Gasteiger partial charge on any atom is -0.467 e. The molecule has 112 valence electrons. The SMILES string of the molecule is c1coc(COCCCNC2CCSc3ccccc32)c1.